The average Bonchev–Trinajstić information content (AvgIpc) is 2.46. The quantitative estimate of drug-likeness (QED) is 0.483. The average molecular weight is 301 g/mol. The number of nitroso groups, excluding NO2 is 1. The molecule has 0 aromatic heterocycles. The second kappa shape index (κ2) is 5.18. The number of hydrazone groups is 1. The Morgan fingerprint density at radius 2 is 2.00 bits per heavy atom. The van der Waals surface area contributed by atoms with E-state index in [-0.39, 0.29) is 5.69 Å². The first kappa shape index (κ1) is 15.6. The molecule has 0 saturated heterocycles. The van der Waals surface area contributed by atoms with Crippen LogP contribution >= 0.6 is 0 Å². The fourth-order valence-corrected chi connectivity index (χ4v) is 2.67. The van der Waals surface area contributed by atoms with Crippen LogP contribution in [0.2, 0.25) is 0 Å². The normalized spacial score (nSPS) is 23.4. The van der Waals surface area contributed by atoms with E-state index in [9.17, 15) is 20.3 Å². The van der Waals surface area contributed by atoms with E-state index in [4.69, 9.17) is 0 Å². The molecule has 22 heavy (non-hydrogen) atoms. The van der Waals surface area contributed by atoms with Crippen molar-refractivity contribution in [1.29, 1.82) is 5.26 Å². The lowest BCUT2D eigenvalue weighted by Crippen LogP contribution is -2.57. The third-order valence-electron chi connectivity index (χ3n) is 3.81. The van der Waals surface area contributed by atoms with E-state index in [2.05, 4.69) is 10.3 Å². The maximum absolute atomic E-state index is 11.5. The molecule has 114 valence electrons. The Morgan fingerprint density at radius 1 is 1.41 bits per heavy atom. The van der Waals surface area contributed by atoms with Crippen LogP contribution in [0.15, 0.2) is 34.5 Å². The van der Waals surface area contributed by atoms with E-state index in [1.807, 2.05) is 6.07 Å². The summed E-state index contributed by atoms with van der Waals surface area (Å²) in [4.78, 5) is 21.7. The number of non-ortho nitro benzene ring substituents is 1. The molecule has 0 radical (unpaired) electrons. The SMILES string of the molecule is CC1=NN(c2ccc([N+](=O)[O-])cc2)C(C#N)(N=O)C(C)(C)C1. The number of nitro groups is 1. The van der Waals surface area contributed by atoms with Gasteiger partial charge in [-0.05, 0) is 30.7 Å². The molecular formula is C14H15N5O3. The van der Waals surface area contributed by atoms with Crippen molar-refractivity contribution in [2.24, 2.45) is 15.7 Å². The molecule has 1 aromatic rings. The summed E-state index contributed by atoms with van der Waals surface area (Å²) < 4.78 is 0. The summed E-state index contributed by atoms with van der Waals surface area (Å²) in [5.74, 6) is 0. The molecule has 0 spiro atoms. The van der Waals surface area contributed by atoms with Crippen LogP contribution in [-0.4, -0.2) is 16.3 Å². The molecule has 0 bridgehead atoms. The maximum atomic E-state index is 11.5. The smallest absolute Gasteiger partial charge is 0.258 e. The van der Waals surface area contributed by atoms with Gasteiger partial charge in [0.15, 0.2) is 0 Å². The summed E-state index contributed by atoms with van der Waals surface area (Å²) in [6, 6.07) is 7.47. The predicted octanol–water partition coefficient (Wildman–Crippen LogP) is 3.19. The lowest BCUT2D eigenvalue weighted by Gasteiger charge is -2.45. The summed E-state index contributed by atoms with van der Waals surface area (Å²) in [6.45, 7) is 5.34. The molecular weight excluding hydrogens is 286 g/mol. The molecule has 2 rings (SSSR count). The van der Waals surface area contributed by atoms with Crippen molar-refractivity contribution in [2.45, 2.75) is 32.9 Å². The van der Waals surface area contributed by atoms with E-state index in [0.717, 1.165) is 5.71 Å². The minimum absolute atomic E-state index is 0.0812. The molecule has 1 aromatic carbocycles. The highest BCUT2D eigenvalue weighted by Gasteiger charge is 2.55. The van der Waals surface area contributed by atoms with Gasteiger partial charge in [-0.25, -0.2) is 5.01 Å². The molecule has 1 aliphatic heterocycles. The first-order valence-electron chi connectivity index (χ1n) is 6.62. The molecule has 0 amide bonds. The minimum atomic E-state index is -1.71. The van der Waals surface area contributed by atoms with Crippen LogP contribution in [0.1, 0.15) is 27.2 Å². The van der Waals surface area contributed by atoms with Crippen LogP contribution in [0.25, 0.3) is 0 Å². The van der Waals surface area contributed by atoms with Crippen LogP contribution in [0, 0.1) is 31.8 Å². The Bertz CT molecular complexity index is 689. The van der Waals surface area contributed by atoms with Crippen LogP contribution in [0.5, 0.6) is 0 Å². The van der Waals surface area contributed by atoms with Gasteiger partial charge in [-0.1, -0.05) is 13.8 Å². The van der Waals surface area contributed by atoms with Gasteiger partial charge >= 0.3 is 0 Å². The van der Waals surface area contributed by atoms with Gasteiger partial charge in [-0.2, -0.15) is 10.4 Å². The van der Waals surface area contributed by atoms with E-state index < -0.39 is 16.0 Å². The van der Waals surface area contributed by atoms with Crippen molar-refractivity contribution in [3.05, 3.63) is 39.3 Å². The maximum Gasteiger partial charge on any atom is 0.284 e. The second-order valence-electron chi connectivity index (χ2n) is 5.86. The predicted molar refractivity (Wildman–Crippen MR) is 81.2 cm³/mol. The summed E-state index contributed by atoms with van der Waals surface area (Å²) in [5.41, 5.74) is -1.39. The number of benzene rings is 1. The molecule has 0 fully saturated rings. The highest BCUT2D eigenvalue weighted by Crippen LogP contribution is 2.45. The Balaban J connectivity index is 2.59. The summed E-state index contributed by atoms with van der Waals surface area (Å²) in [7, 11) is 0. The van der Waals surface area contributed by atoms with E-state index >= 15 is 0 Å². The van der Waals surface area contributed by atoms with Gasteiger partial charge in [-0.15, -0.1) is 4.91 Å². The third-order valence-corrected chi connectivity index (χ3v) is 3.81. The Hall–Kier alpha value is -2.82. The van der Waals surface area contributed by atoms with Crippen LogP contribution < -0.4 is 5.01 Å². The minimum Gasteiger partial charge on any atom is -0.258 e. The van der Waals surface area contributed by atoms with Crippen molar-refractivity contribution in [1.82, 2.24) is 0 Å². The Morgan fingerprint density at radius 3 is 2.45 bits per heavy atom. The van der Waals surface area contributed by atoms with Gasteiger partial charge in [0.25, 0.3) is 11.4 Å². The molecule has 1 atom stereocenters. The van der Waals surface area contributed by atoms with Gasteiger partial charge in [0.05, 0.1) is 10.6 Å². The highest BCUT2D eigenvalue weighted by molar-refractivity contribution is 5.85. The summed E-state index contributed by atoms with van der Waals surface area (Å²) in [5, 5.41) is 28.9. The standard InChI is InChI=1S/C14H15N5O3/c1-10-8-13(2,3)14(9-15,17-20)18(16-10)11-4-6-12(7-5-11)19(21)22/h4-7H,8H2,1-3H3. The molecule has 0 N–H and O–H groups in total. The van der Waals surface area contributed by atoms with Crippen LogP contribution in [-0.2, 0) is 0 Å². The van der Waals surface area contributed by atoms with E-state index in [1.165, 1.54) is 29.3 Å². The van der Waals surface area contributed by atoms with Gasteiger partial charge in [0.2, 0.25) is 0 Å². The van der Waals surface area contributed by atoms with Crippen LogP contribution in [0.4, 0.5) is 11.4 Å². The number of anilines is 1. The van der Waals surface area contributed by atoms with Crippen molar-refractivity contribution in [3.8, 4) is 6.07 Å². The fraction of sp³-hybridized carbons (Fsp3) is 0.429. The van der Waals surface area contributed by atoms with Crippen molar-refractivity contribution < 1.29 is 4.92 Å². The van der Waals surface area contributed by atoms with Crippen molar-refractivity contribution in [2.75, 3.05) is 5.01 Å². The zero-order valence-corrected chi connectivity index (χ0v) is 12.5. The zero-order chi connectivity index (χ0) is 16.5. The first-order valence-corrected chi connectivity index (χ1v) is 6.62. The van der Waals surface area contributed by atoms with Crippen molar-refractivity contribution >= 4 is 17.1 Å². The van der Waals surface area contributed by atoms with Gasteiger partial charge in [0, 0.05) is 23.3 Å². The lowest BCUT2D eigenvalue weighted by molar-refractivity contribution is -0.384. The lowest BCUT2D eigenvalue weighted by atomic mass is 9.74. The molecule has 0 aliphatic carbocycles. The summed E-state index contributed by atoms with van der Waals surface area (Å²) in [6.07, 6.45) is 0.454. The van der Waals surface area contributed by atoms with Crippen LogP contribution in [0.3, 0.4) is 0 Å². The zero-order valence-electron chi connectivity index (χ0n) is 12.5. The third kappa shape index (κ3) is 2.20. The molecule has 8 nitrogen and oxygen atoms in total. The second-order valence-corrected chi connectivity index (χ2v) is 5.86. The monoisotopic (exact) mass is 301 g/mol. The Labute approximate surface area is 127 Å². The number of rotatable bonds is 3. The number of nitrogens with zero attached hydrogens (tertiary/aromatic N) is 5. The first-order chi connectivity index (χ1) is 10.3. The number of hydrogen-bond acceptors (Lipinski definition) is 7. The molecule has 8 heteroatoms. The van der Waals surface area contributed by atoms with E-state index in [0.29, 0.717) is 12.1 Å². The molecule has 1 aliphatic rings. The van der Waals surface area contributed by atoms with Crippen molar-refractivity contribution in [3.63, 3.8) is 0 Å². The fourth-order valence-electron chi connectivity index (χ4n) is 2.67. The van der Waals surface area contributed by atoms with E-state index in [1.54, 1.807) is 20.8 Å². The Kier molecular flexibility index (Phi) is 3.67. The molecule has 0 saturated carbocycles. The molecule has 1 heterocycles. The van der Waals surface area contributed by atoms with Gasteiger partial charge < -0.3 is 0 Å². The topological polar surface area (TPSA) is 112 Å². The summed E-state index contributed by atoms with van der Waals surface area (Å²) >= 11 is 0. The van der Waals surface area contributed by atoms with Gasteiger partial charge in [-0.3, -0.25) is 10.1 Å². The van der Waals surface area contributed by atoms with Gasteiger partial charge in [0.1, 0.15) is 6.07 Å². The number of nitriles is 1. The highest BCUT2D eigenvalue weighted by atomic mass is 16.6. The number of nitro benzene ring substituents is 1. The molecule has 1 unspecified atom stereocenters. The largest absolute Gasteiger partial charge is 0.284 e. The number of hydrogen-bond donors (Lipinski definition) is 0.